The first-order chi connectivity index (χ1) is 20.8. The molecule has 8 rings (SSSR count). The van der Waals surface area contributed by atoms with Gasteiger partial charge in [-0.05, 0) is 0 Å². The summed E-state index contributed by atoms with van der Waals surface area (Å²) in [6, 6.07) is 59.5. The summed E-state index contributed by atoms with van der Waals surface area (Å²) in [6.45, 7) is 0. The van der Waals surface area contributed by atoms with Crippen LogP contribution in [-0.2, 0) is 0 Å². The molecule has 1 nitrogen and oxygen atoms in total. The van der Waals surface area contributed by atoms with Crippen LogP contribution in [0.3, 0.4) is 0 Å². The molecule has 2 heteroatoms. The summed E-state index contributed by atoms with van der Waals surface area (Å²) >= 11 is 0.320. The molecule has 0 amide bonds. The Labute approximate surface area is 251 Å². The van der Waals surface area contributed by atoms with E-state index in [9.17, 15) is 0 Å². The molecule has 0 bridgehead atoms. The van der Waals surface area contributed by atoms with Crippen LogP contribution in [0.4, 0.5) is 17.1 Å². The third-order valence-electron chi connectivity index (χ3n) is 8.01. The van der Waals surface area contributed by atoms with Crippen molar-refractivity contribution in [3.05, 3.63) is 164 Å². The van der Waals surface area contributed by atoms with E-state index in [1.807, 2.05) is 0 Å². The monoisotopic (exact) mass is 601 g/mol. The van der Waals surface area contributed by atoms with Gasteiger partial charge < -0.3 is 0 Å². The van der Waals surface area contributed by atoms with Gasteiger partial charge >= 0.3 is 240 Å². The third-order valence-corrected chi connectivity index (χ3v) is 10.6. The molecule has 0 aliphatic carbocycles. The van der Waals surface area contributed by atoms with Crippen LogP contribution in [0.5, 0.6) is 0 Å². The van der Waals surface area contributed by atoms with Crippen LogP contribution in [-0.4, -0.2) is 14.5 Å². The van der Waals surface area contributed by atoms with Crippen LogP contribution >= 0.6 is 0 Å². The van der Waals surface area contributed by atoms with Crippen molar-refractivity contribution in [2.45, 2.75) is 0 Å². The zero-order valence-corrected chi connectivity index (χ0v) is 24.7. The van der Waals surface area contributed by atoms with Crippen molar-refractivity contribution in [3.63, 3.8) is 0 Å². The SMILES string of the molecule is c1ccc(-c2cc(-c3ccccc3)cc(N(c3ccccc3)c3ccc4c(ccc5c6ccccc6[se]c45)c3)c2)cc1. The van der Waals surface area contributed by atoms with Gasteiger partial charge in [0.2, 0.25) is 0 Å². The Balaban J connectivity index is 1.35. The molecule has 0 spiro atoms. The van der Waals surface area contributed by atoms with E-state index in [-0.39, 0.29) is 0 Å². The fourth-order valence-corrected chi connectivity index (χ4v) is 8.60. The molecular weight excluding hydrogens is 573 g/mol. The van der Waals surface area contributed by atoms with Gasteiger partial charge in [0.25, 0.3) is 0 Å². The molecule has 7 aromatic carbocycles. The second kappa shape index (κ2) is 10.5. The van der Waals surface area contributed by atoms with Crippen molar-refractivity contribution in [1.82, 2.24) is 0 Å². The fraction of sp³-hybridized carbons (Fsp3) is 0. The number of hydrogen-bond donors (Lipinski definition) is 0. The number of hydrogen-bond acceptors (Lipinski definition) is 1. The van der Waals surface area contributed by atoms with Crippen molar-refractivity contribution in [1.29, 1.82) is 0 Å². The van der Waals surface area contributed by atoms with Gasteiger partial charge in [0.1, 0.15) is 0 Å². The first-order valence-corrected chi connectivity index (χ1v) is 16.0. The summed E-state index contributed by atoms with van der Waals surface area (Å²) < 4.78 is 2.98. The number of nitrogens with zero attached hydrogens (tertiary/aromatic N) is 1. The van der Waals surface area contributed by atoms with Crippen molar-refractivity contribution in [3.8, 4) is 22.3 Å². The Bertz CT molecular complexity index is 2120. The first-order valence-electron chi connectivity index (χ1n) is 14.3. The Morgan fingerprint density at radius 1 is 0.357 bits per heavy atom. The summed E-state index contributed by atoms with van der Waals surface area (Å²) in [6.07, 6.45) is 0. The van der Waals surface area contributed by atoms with E-state index in [0.717, 1.165) is 17.1 Å². The summed E-state index contributed by atoms with van der Waals surface area (Å²) in [5.74, 6) is 0. The van der Waals surface area contributed by atoms with Gasteiger partial charge in [-0.25, -0.2) is 0 Å². The number of para-hydroxylation sites is 1. The van der Waals surface area contributed by atoms with Gasteiger partial charge in [-0.15, -0.1) is 0 Å². The van der Waals surface area contributed by atoms with Crippen LogP contribution in [0.2, 0.25) is 0 Å². The van der Waals surface area contributed by atoms with Gasteiger partial charge in [-0.2, -0.15) is 0 Å². The van der Waals surface area contributed by atoms with Crippen LogP contribution < -0.4 is 4.90 Å². The predicted octanol–water partition coefficient (Wildman–Crippen LogP) is 11.0. The number of anilines is 3. The second-order valence-electron chi connectivity index (χ2n) is 10.6. The Kier molecular flexibility index (Phi) is 6.22. The molecule has 198 valence electrons. The standard InChI is InChI=1S/C40H27NSe/c1-4-12-28(13-5-1)31-24-32(29-14-6-2-7-15-29)27-35(26-31)41(33-16-8-3-9-17-33)34-21-23-36-30(25-34)20-22-38-37-18-10-11-19-39(37)42-40(36)38/h1-27H. The number of fused-ring (bicyclic) bond motifs is 5. The second-order valence-corrected chi connectivity index (χ2v) is 12.8. The molecule has 0 N–H and O–H groups in total. The minimum absolute atomic E-state index is 0.320. The summed E-state index contributed by atoms with van der Waals surface area (Å²) in [4.78, 5) is 2.39. The molecule has 0 aliphatic heterocycles. The molecular formula is C40H27NSe. The molecule has 0 unspecified atom stereocenters. The minimum atomic E-state index is 0.320. The average molecular weight is 601 g/mol. The maximum absolute atomic E-state index is 2.39. The normalized spacial score (nSPS) is 11.3. The molecule has 0 atom stereocenters. The van der Waals surface area contributed by atoms with Crippen LogP contribution in [0.1, 0.15) is 0 Å². The fourth-order valence-electron chi connectivity index (χ4n) is 6.00. The Morgan fingerprint density at radius 3 is 1.64 bits per heavy atom. The molecule has 1 heterocycles. The average Bonchev–Trinajstić information content (AvgIpc) is 3.45. The van der Waals surface area contributed by atoms with Crippen LogP contribution in [0.15, 0.2) is 164 Å². The van der Waals surface area contributed by atoms with E-state index < -0.39 is 0 Å². The van der Waals surface area contributed by atoms with E-state index >= 15 is 0 Å². The summed E-state index contributed by atoms with van der Waals surface area (Å²) in [5, 5.41) is 5.44. The van der Waals surface area contributed by atoms with Gasteiger partial charge in [0.15, 0.2) is 0 Å². The Morgan fingerprint density at radius 2 is 0.952 bits per heavy atom. The van der Waals surface area contributed by atoms with Gasteiger partial charge in [-0.1, -0.05) is 12.1 Å². The molecule has 0 aliphatic rings. The van der Waals surface area contributed by atoms with Gasteiger partial charge in [0.05, 0.1) is 0 Å². The van der Waals surface area contributed by atoms with E-state index in [1.165, 1.54) is 52.3 Å². The predicted molar refractivity (Wildman–Crippen MR) is 181 cm³/mol. The van der Waals surface area contributed by atoms with E-state index in [0.29, 0.717) is 14.5 Å². The van der Waals surface area contributed by atoms with E-state index in [1.54, 1.807) is 0 Å². The molecule has 8 aromatic rings. The summed E-state index contributed by atoms with van der Waals surface area (Å²) in [5.41, 5.74) is 8.25. The zero-order valence-electron chi connectivity index (χ0n) is 22.9. The van der Waals surface area contributed by atoms with Gasteiger partial charge in [0, 0.05) is 0 Å². The number of benzene rings is 7. The third kappa shape index (κ3) is 4.43. The van der Waals surface area contributed by atoms with Crippen molar-refractivity contribution < 1.29 is 0 Å². The molecule has 1 aromatic heterocycles. The van der Waals surface area contributed by atoms with Crippen LogP contribution in [0.25, 0.3) is 52.3 Å². The van der Waals surface area contributed by atoms with Crippen molar-refractivity contribution in [2.24, 2.45) is 0 Å². The molecule has 0 saturated carbocycles. The van der Waals surface area contributed by atoms with E-state index in [2.05, 4.69) is 169 Å². The van der Waals surface area contributed by atoms with Crippen LogP contribution in [0, 0.1) is 0 Å². The first kappa shape index (κ1) is 24.9. The number of rotatable bonds is 5. The Hall–Kier alpha value is -4.88. The molecule has 0 radical (unpaired) electrons. The molecule has 42 heavy (non-hydrogen) atoms. The summed E-state index contributed by atoms with van der Waals surface area (Å²) in [7, 11) is 0. The zero-order chi connectivity index (χ0) is 27.9. The molecule has 0 saturated heterocycles. The quantitative estimate of drug-likeness (QED) is 0.178. The van der Waals surface area contributed by atoms with Gasteiger partial charge in [-0.3, -0.25) is 0 Å². The molecule has 0 fully saturated rings. The maximum atomic E-state index is 2.39. The van der Waals surface area contributed by atoms with Crippen molar-refractivity contribution >= 4 is 61.6 Å². The van der Waals surface area contributed by atoms with E-state index in [4.69, 9.17) is 0 Å². The topological polar surface area (TPSA) is 3.24 Å². The van der Waals surface area contributed by atoms with Crippen molar-refractivity contribution in [2.75, 3.05) is 4.90 Å².